The van der Waals surface area contributed by atoms with Gasteiger partial charge in [-0.2, -0.15) is 0 Å². The van der Waals surface area contributed by atoms with E-state index in [0.29, 0.717) is 6.04 Å². The first kappa shape index (κ1) is 12.4. The van der Waals surface area contributed by atoms with E-state index in [0.717, 1.165) is 30.7 Å². The summed E-state index contributed by atoms with van der Waals surface area (Å²) in [5.41, 5.74) is 0. The lowest BCUT2D eigenvalue weighted by atomic mass is 9.93. The fourth-order valence-electron chi connectivity index (χ4n) is 2.09. The summed E-state index contributed by atoms with van der Waals surface area (Å²) in [6.45, 7) is 5.03. The van der Waals surface area contributed by atoms with E-state index in [1.54, 1.807) is 11.3 Å². The van der Waals surface area contributed by atoms with Crippen LogP contribution in [0, 0.1) is 5.92 Å². The monoisotopic (exact) mass is 259 g/mol. The third-order valence-corrected chi connectivity index (χ3v) is 4.48. The second kappa shape index (κ2) is 6.01. The highest BCUT2D eigenvalue weighted by atomic mass is 35.5. The van der Waals surface area contributed by atoms with E-state index in [1.165, 1.54) is 17.7 Å². The first-order chi connectivity index (χ1) is 7.75. The molecule has 1 aromatic rings. The zero-order chi connectivity index (χ0) is 11.4. The molecule has 0 amide bonds. The quantitative estimate of drug-likeness (QED) is 0.896. The van der Waals surface area contributed by atoms with Crippen molar-refractivity contribution < 1.29 is 4.74 Å². The largest absolute Gasteiger partial charge is 0.381 e. The first-order valence-corrected chi connectivity index (χ1v) is 7.05. The van der Waals surface area contributed by atoms with Crippen LogP contribution < -0.4 is 5.32 Å². The summed E-state index contributed by atoms with van der Waals surface area (Å²) >= 11 is 7.61. The number of hydrogen-bond acceptors (Lipinski definition) is 3. The van der Waals surface area contributed by atoms with Gasteiger partial charge in [0.2, 0.25) is 0 Å². The Bertz CT molecular complexity index is 323. The highest BCUT2D eigenvalue weighted by Crippen LogP contribution is 2.21. The topological polar surface area (TPSA) is 21.3 Å². The van der Waals surface area contributed by atoms with Gasteiger partial charge in [0.05, 0.1) is 5.02 Å². The number of thiophene rings is 1. The number of halogens is 1. The zero-order valence-electron chi connectivity index (χ0n) is 9.54. The van der Waals surface area contributed by atoms with Gasteiger partial charge < -0.3 is 10.1 Å². The molecule has 1 aliphatic heterocycles. The van der Waals surface area contributed by atoms with E-state index in [1.807, 2.05) is 11.4 Å². The Hall–Kier alpha value is -0.0900. The van der Waals surface area contributed by atoms with Crippen molar-refractivity contribution >= 4 is 22.9 Å². The zero-order valence-corrected chi connectivity index (χ0v) is 11.1. The van der Waals surface area contributed by atoms with Crippen molar-refractivity contribution in [2.75, 3.05) is 13.2 Å². The van der Waals surface area contributed by atoms with Crippen LogP contribution in [0.2, 0.25) is 5.02 Å². The minimum absolute atomic E-state index is 0.560. The molecule has 0 radical (unpaired) electrons. The Labute approximate surface area is 106 Å². The molecular formula is C12H18ClNOS. The lowest BCUT2D eigenvalue weighted by molar-refractivity contribution is 0.0558. The lowest BCUT2D eigenvalue weighted by Gasteiger charge is -2.28. The molecule has 90 valence electrons. The molecule has 0 aromatic carbocycles. The van der Waals surface area contributed by atoms with E-state index in [4.69, 9.17) is 16.3 Å². The van der Waals surface area contributed by atoms with Crippen LogP contribution in [0.5, 0.6) is 0 Å². The summed E-state index contributed by atoms with van der Waals surface area (Å²) in [5.74, 6) is 0.754. The molecule has 16 heavy (non-hydrogen) atoms. The minimum atomic E-state index is 0.560. The summed E-state index contributed by atoms with van der Waals surface area (Å²) < 4.78 is 5.37. The van der Waals surface area contributed by atoms with E-state index >= 15 is 0 Å². The number of nitrogens with one attached hydrogen (secondary N) is 1. The smallest absolute Gasteiger partial charge is 0.0516 e. The van der Waals surface area contributed by atoms with Crippen molar-refractivity contribution in [2.24, 2.45) is 5.92 Å². The van der Waals surface area contributed by atoms with Gasteiger partial charge in [-0.1, -0.05) is 11.6 Å². The molecule has 0 aliphatic carbocycles. The molecule has 0 saturated carbocycles. The highest BCUT2D eigenvalue weighted by molar-refractivity contribution is 7.10. The van der Waals surface area contributed by atoms with Crippen molar-refractivity contribution in [2.45, 2.75) is 32.4 Å². The summed E-state index contributed by atoms with van der Waals surface area (Å²) in [7, 11) is 0. The predicted octanol–water partition coefficient (Wildman–Crippen LogP) is 3.31. The van der Waals surface area contributed by atoms with Crippen LogP contribution in [0.1, 0.15) is 24.6 Å². The average molecular weight is 260 g/mol. The SMILES string of the molecule is CC(NCc1cc(Cl)cs1)C1CCOCC1. The lowest BCUT2D eigenvalue weighted by Crippen LogP contribution is -2.36. The molecule has 1 atom stereocenters. The Kier molecular flexibility index (Phi) is 4.65. The van der Waals surface area contributed by atoms with Gasteiger partial charge in [0, 0.05) is 36.1 Å². The van der Waals surface area contributed by atoms with Crippen LogP contribution in [0.15, 0.2) is 11.4 Å². The third kappa shape index (κ3) is 3.45. The summed E-state index contributed by atoms with van der Waals surface area (Å²) in [6, 6.07) is 2.60. The second-order valence-corrected chi connectivity index (χ2v) is 5.78. The van der Waals surface area contributed by atoms with Crippen molar-refractivity contribution in [1.29, 1.82) is 0 Å². The van der Waals surface area contributed by atoms with Crippen LogP contribution in [0.3, 0.4) is 0 Å². The minimum Gasteiger partial charge on any atom is -0.381 e. The Morgan fingerprint density at radius 3 is 2.94 bits per heavy atom. The maximum atomic E-state index is 5.89. The molecule has 0 spiro atoms. The number of ether oxygens (including phenoxy) is 1. The maximum absolute atomic E-state index is 5.89. The van der Waals surface area contributed by atoms with Gasteiger partial charge in [-0.05, 0) is 31.7 Å². The maximum Gasteiger partial charge on any atom is 0.0516 e. The molecule has 1 aromatic heterocycles. The average Bonchev–Trinajstić information content (AvgIpc) is 2.73. The van der Waals surface area contributed by atoms with Crippen LogP contribution in [0.25, 0.3) is 0 Å². The molecule has 0 bridgehead atoms. The fourth-order valence-corrected chi connectivity index (χ4v) is 3.11. The molecule has 1 saturated heterocycles. The fraction of sp³-hybridized carbons (Fsp3) is 0.667. The van der Waals surface area contributed by atoms with Gasteiger partial charge in [-0.3, -0.25) is 0 Å². The molecular weight excluding hydrogens is 242 g/mol. The Balaban J connectivity index is 1.76. The molecule has 1 unspecified atom stereocenters. The van der Waals surface area contributed by atoms with E-state index in [2.05, 4.69) is 12.2 Å². The number of hydrogen-bond donors (Lipinski definition) is 1. The molecule has 2 heterocycles. The van der Waals surface area contributed by atoms with Gasteiger partial charge in [-0.25, -0.2) is 0 Å². The van der Waals surface area contributed by atoms with Crippen molar-refractivity contribution in [3.8, 4) is 0 Å². The molecule has 4 heteroatoms. The van der Waals surface area contributed by atoms with Crippen LogP contribution in [-0.2, 0) is 11.3 Å². The van der Waals surface area contributed by atoms with Crippen molar-refractivity contribution in [3.05, 3.63) is 21.3 Å². The van der Waals surface area contributed by atoms with Gasteiger partial charge in [0.25, 0.3) is 0 Å². The number of rotatable bonds is 4. The summed E-state index contributed by atoms with van der Waals surface area (Å²) in [4.78, 5) is 1.31. The third-order valence-electron chi connectivity index (χ3n) is 3.19. The second-order valence-electron chi connectivity index (χ2n) is 4.35. The van der Waals surface area contributed by atoms with Crippen LogP contribution in [-0.4, -0.2) is 19.3 Å². The van der Waals surface area contributed by atoms with Crippen molar-refractivity contribution in [3.63, 3.8) is 0 Å². The first-order valence-electron chi connectivity index (χ1n) is 5.80. The highest BCUT2D eigenvalue weighted by Gasteiger charge is 2.19. The normalized spacial score (nSPS) is 19.9. The molecule has 2 rings (SSSR count). The van der Waals surface area contributed by atoms with Crippen molar-refractivity contribution in [1.82, 2.24) is 5.32 Å². The van der Waals surface area contributed by atoms with Crippen LogP contribution >= 0.6 is 22.9 Å². The Morgan fingerprint density at radius 1 is 1.56 bits per heavy atom. The predicted molar refractivity (Wildman–Crippen MR) is 69.2 cm³/mol. The summed E-state index contributed by atoms with van der Waals surface area (Å²) in [6.07, 6.45) is 2.36. The molecule has 1 fully saturated rings. The van der Waals surface area contributed by atoms with Crippen LogP contribution in [0.4, 0.5) is 0 Å². The van der Waals surface area contributed by atoms with E-state index in [9.17, 15) is 0 Å². The van der Waals surface area contributed by atoms with E-state index < -0.39 is 0 Å². The Morgan fingerprint density at radius 2 is 2.31 bits per heavy atom. The molecule has 2 nitrogen and oxygen atoms in total. The standard InChI is InChI=1S/C12H18ClNOS/c1-9(10-2-4-15-5-3-10)14-7-12-6-11(13)8-16-12/h6,8-10,14H,2-5,7H2,1H3. The van der Waals surface area contributed by atoms with Gasteiger partial charge in [0.1, 0.15) is 0 Å². The van der Waals surface area contributed by atoms with Gasteiger partial charge >= 0.3 is 0 Å². The molecule has 1 N–H and O–H groups in total. The van der Waals surface area contributed by atoms with Gasteiger partial charge in [0.15, 0.2) is 0 Å². The van der Waals surface area contributed by atoms with Gasteiger partial charge in [-0.15, -0.1) is 11.3 Å². The van der Waals surface area contributed by atoms with E-state index in [-0.39, 0.29) is 0 Å². The summed E-state index contributed by atoms with van der Waals surface area (Å²) in [5, 5.41) is 6.41. The molecule has 1 aliphatic rings.